The molecule has 0 aliphatic carbocycles. The second-order valence-corrected chi connectivity index (χ2v) is 6.11. The predicted octanol–water partition coefficient (Wildman–Crippen LogP) is 3.06. The summed E-state index contributed by atoms with van der Waals surface area (Å²) < 4.78 is 0. The van der Waals surface area contributed by atoms with Crippen molar-refractivity contribution in [2.45, 2.75) is 45.1 Å². The molecule has 0 aliphatic heterocycles. The van der Waals surface area contributed by atoms with Crippen molar-refractivity contribution in [2.24, 2.45) is 0 Å². The number of hydrogen-bond acceptors (Lipinski definition) is 2. The summed E-state index contributed by atoms with van der Waals surface area (Å²) in [4.78, 5) is 2.34. The van der Waals surface area contributed by atoms with Crippen molar-refractivity contribution in [2.75, 3.05) is 20.2 Å². The molecule has 0 spiro atoms. The highest BCUT2D eigenvalue weighted by molar-refractivity contribution is 5.25. The van der Waals surface area contributed by atoms with Gasteiger partial charge in [-0.3, -0.25) is 0 Å². The first-order chi connectivity index (χ1) is 8.35. The first kappa shape index (κ1) is 15.2. The number of hydrogen-bond donors (Lipinski definition) is 1. The van der Waals surface area contributed by atoms with E-state index in [0.717, 1.165) is 13.0 Å². The molecule has 18 heavy (non-hydrogen) atoms. The third-order valence-corrected chi connectivity index (χ3v) is 4.30. The summed E-state index contributed by atoms with van der Waals surface area (Å²) in [6.45, 7) is 9.85. The molecule has 0 aliphatic rings. The van der Waals surface area contributed by atoms with Crippen LogP contribution in [0.1, 0.15) is 39.7 Å². The second-order valence-electron chi connectivity index (χ2n) is 6.11. The molecule has 0 saturated heterocycles. The summed E-state index contributed by atoms with van der Waals surface area (Å²) in [7, 11) is 2.14. The summed E-state index contributed by atoms with van der Waals surface area (Å²) in [5, 5.41) is 9.80. The zero-order valence-corrected chi connectivity index (χ0v) is 12.4. The number of likely N-dealkylation sites (N-methyl/N-ethyl adjacent to an activating group) is 1. The fourth-order valence-corrected chi connectivity index (χ4v) is 2.08. The molecule has 2 heteroatoms. The summed E-state index contributed by atoms with van der Waals surface area (Å²) >= 11 is 0. The minimum atomic E-state index is -0.206. The van der Waals surface area contributed by atoms with Crippen molar-refractivity contribution in [3.8, 4) is 0 Å². The fraction of sp³-hybridized carbons (Fsp3) is 0.625. The first-order valence-electron chi connectivity index (χ1n) is 6.73. The van der Waals surface area contributed by atoms with Gasteiger partial charge in [-0.05, 0) is 32.9 Å². The fourth-order valence-electron chi connectivity index (χ4n) is 2.08. The molecule has 0 bridgehead atoms. The van der Waals surface area contributed by atoms with E-state index >= 15 is 0 Å². The van der Waals surface area contributed by atoms with Crippen LogP contribution in [0.2, 0.25) is 0 Å². The van der Waals surface area contributed by atoms with E-state index in [4.69, 9.17) is 0 Å². The highest BCUT2D eigenvalue weighted by Gasteiger charge is 2.32. The Morgan fingerprint density at radius 2 is 1.67 bits per heavy atom. The van der Waals surface area contributed by atoms with Crippen LogP contribution in [0.15, 0.2) is 30.3 Å². The van der Waals surface area contributed by atoms with E-state index in [1.54, 1.807) is 0 Å². The largest absolute Gasteiger partial charge is 0.395 e. The van der Waals surface area contributed by atoms with Gasteiger partial charge in [0.2, 0.25) is 0 Å². The lowest BCUT2D eigenvalue weighted by Crippen LogP contribution is -2.48. The van der Waals surface area contributed by atoms with Gasteiger partial charge in [-0.1, -0.05) is 44.2 Å². The molecular formula is C16H27NO. The van der Waals surface area contributed by atoms with Crippen LogP contribution >= 0.6 is 0 Å². The van der Waals surface area contributed by atoms with Crippen LogP contribution < -0.4 is 0 Å². The Kier molecular flexibility index (Phi) is 4.94. The maximum Gasteiger partial charge on any atom is 0.0537 e. The summed E-state index contributed by atoms with van der Waals surface area (Å²) in [5.74, 6) is 0. The van der Waals surface area contributed by atoms with Crippen molar-refractivity contribution >= 4 is 0 Å². The molecule has 1 unspecified atom stereocenters. The minimum Gasteiger partial charge on any atom is -0.395 e. The average Bonchev–Trinajstić information content (AvgIpc) is 2.39. The highest BCUT2D eigenvalue weighted by Crippen LogP contribution is 2.27. The van der Waals surface area contributed by atoms with Crippen LogP contribution in [0.3, 0.4) is 0 Å². The Hall–Kier alpha value is -0.860. The van der Waals surface area contributed by atoms with E-state index in [1.165, 1.54) is 5.56 Å². The molecule has 0 radical (unpaired) electrons. The highest BCUT2D eigenvalue weighted by atomic mass is 16.3. The minimum absolute atomic E-state index is 0.158. The molecule has 0 heterocycles. The number of aliphatic hydroxyl groups excluding tert-OH is 1. The number of nitrogens with zero attached hydrogens (tertiary/aromatic N) is 1. The molecule has 0 aromatic heterocycles. The molecule has 1 N–H and O–H groups in total. The molecule has 1 rings (SSSR count). The number of rotatable bonds is 6. The Morgan fingerprint density at radius 1 is 1.11 bits per heavy atom. The van der Waals surface area contributed by atoms with Gasteiger partial charge in [0.15, 0.2) is 0 Å². The van der Waals surface area contributed by atoms with Gasteiger partial charge in [-0.15, -0.1) is 0 Å². The van der Waals surface area contributed by atoms with Crippen LogP contribution in [0.4, 0.5) is 0 Å². The average molecular weight is 249 g/mol. The normalized spacial score (nSPS) is 15.7. The molecule has 1 atom stereocenters. The van der Waals surface area contributed by atoms with E-state index in [-0.39, 0.29) is 17.6 Å². The van der Waals surface area contributed by atoms with Gasteiger partial charge in [0.25, 0.3) is 0 Å². The smallest absolute Gasteiger partial charge is 0.0537 e. The van der Waals surface area contributed by atoms with E-state index < -0.39 is 0 Å². The van der Waals surface area contributed by atoms with Crippen LogP contribution in [0.25, 0.3) is 0 Å². The van der Waals surface area contributed by atoms with E-state index in [2.05, 4.69) is 51.8 Å². The van der Waals surface area contributed by atoms with Crippen LogP contribution in [0.5, 0.6) is 0 Å². The molecule has 1 aromatic carbocycles. The summed E-state index contributed by atoms with van der Waals surface area (Å²) in [6, 6.07) is 10.3. The summed E-state index contributed by atoms with van der Waals surface area (Å²) in [6.07, 6.45) is 1.10. The van der Waals surface area contributed by atoms with E-state index in [0.29, 0.717) is 0 Å². The van der Waals surface area contributed by atoms with Crippen molar-refractivity contribution in [3.05, 3.63) is 35.9 Å². The van der Waals surface area contributed by atoms with Gasteiger partial charge in [-0.25, -0.2) is 0 Å². The lowest BCUT2D eigenvalue weighted by atomic mass is 9.81. The van der Waals surface area contributed by atoms with Gasteiger partial charge in [0.1, 0.15) is 0 Å². The van der Waals surface area contributed by atoms with Gasteiger partial charge < -0.3 is 10.0 Å². The van der Waals surface area contributed by atoms with Gasteiger partial charge in [0, 0.05) is 17.5 Å². The molecule has 1 aromatic rings. The summed E-state index contributed by atoms with van der Waals surface area (Å²) in [5.41, 5.74) is 1.15. The zero-order chi connectivity index (χ0) is 13.8. The Labute approximate surface area is 112 Å². The van der Waals surface area contributed by atoms with Crippen LogP contribution in [-0.4, -0.2) is 35.7 Å². The molecule has 0 amide bonds. The Bertz CT molecular complexity index is 361. The molecule has 2 nitrogen and oxygen atoms in total. The zero-order valence-electron chi connectivity index (χ0n) is 12.4. The van der Waals surface area contributed by atoms with Crippen LogP contribution in [0, 0.1) is 0 Å². The van der Waals surface area contributed by atoms with E-state index in [9.17, 15) is 5.11 Å². The van der Waals surface area contributed by atoms with E-state index in [1.807, 2.05) is 18.2 Å². The Morgan fingerprint density at radius 3 is 2.11 bits per heavy atom. The molecule has 0 fully saturated rings. The molecule has 0 saturated carbocycles. The van der Waals surface area contributed by atoms with Crippen molar-refractivity contribution in [1.29, 1.82) is 0 Å². The standard InChI is InChI=1S/C16H27NO/c1-6-15(2,3)17(5)12-16(4,13-18)14-10-8-7-9-11-14/h7-11,18H,6,12-13H2,1-5H3. The molecule has 102 valence electrons. The monoisotopic (exact) mass is 249 g/mol. The van der Waals surface area contributed by atoms with Gasteiger partial charge >= 0.3 is 0 Å². The van der Waals surface area contributed by atoms with Crippen LogP contribution in [-0.2, 0) is 5.41 Å². The van der Waals surface area contributed by atoms with Crippen molar-refractivity contribution in [1.82, 2.24) is 4.90 Å². The molecular weight excluding hydrogens is 222 g/mol. The van der Waals surface area contributed by atoms with Crippen molar-refractivity contribution < 1.29 is 5.11 Å². The number of aliphatic hydroxyl groups is 1. The third kappa shape index (κ3) is 3.33. The maximum atomic E-state index is 9.80. The SMILES string of the molecule is CCC(C)(C)N(C)CC(C)(CO)c1ccccc1. The van der Waals surface area contributed by atoms with Gasteiger partial charge in [-0.2, -0.15) is 0 Å². The topological polar surface area (TPSA) is 23.5 Å². The maximum absolute atomic E-state index is 9.80. The lowest BCUT2D eigenvalue weighted by molar-refractivity contribution is 0.0904. The van der Waals surface area contributed by atoms with Crippen molar-refractivity contribution in [3.63, 3.8) is 0 Å². The Balaban J connectivity index is 2.91. The first-order valence-corrected chi connectivity index (χ1v) is 6.73. The quantitative estimate of drug-likeness (QED) is 0.837. The van der Waals surface area contributed by atoms with Gasteiger partial charge in [0.05, 0.1) is 6.61 Å². The lowest BCUT2D eigenvalue weighted by Gasteiger charge is -2.41. The second kappa shape index (κ2) is 5.85. The predicted molar refractivity (Wildman–Crippen MR) is 77.9 cm³/mol. The number of benzene rings is 1. The third-order valence-electron chi connectivity index (χ3n) is 4.30.